The number of aromatic carboxylic acids is 1. The minimum atomic E-state index is -1.40. The van der Waals surface area contributed by atoms with Crippen LogP contribution in [0.4, 0.5) is 43.7 Å². The number of hydrogen-bond donors (Lipinski definition) is 3. The lowest BCUT2D eigenvalue weighted by molar-refractivity contribution is -0.385. The number of fused-ring (bicyclic) bond motifs is 4. The first-order chi connectivity index (χ1) is 56.1. The summed E-state index contributed by atoms with van der Waals surface area (Å²) in [5.41, 5.74) is 3.95. The van der Waals surface area contributed by atoms with Crippen LogP contribution in [0.1, 0.15) is 158 Å². The summed E-state index contributed by atoms with van der Waals surface area (Å²) in [5.74, 6) is -4.60. The predicted molar refractivity (Wildman–Crippen MR) is 423 cm³/mol. The number of nitrogens with zero attached hydrogens (tertiary/aromatic N) is 14. The quantitative estimate of drug-likeness (QED) is 0.0402. The molecule has 46 heteroatoms. The summed E-state index contributed by atoms with van der Waals surface area (Å²) in [6.45, 7) is 15.5. The molecule has 0 bridgehead atoms. The van der Waals surface area contributed by atoms with Gasteiger partial charge >= 0.3 is 23.8 Å². The Hall–Kier alpha value is -14.9. The Balaban J connectivity index is 0.000000208. The molecule has 6 amide bonds. The van der Waals surface area contributed by atoms with E-state index in [4.69, 9.17) is 30.5 Å². The number of ether oxygens (including phenoxy) is 2. The molecule has 13 rings (SSSR count). The number of carbonyl (C=O) groups excluding carboxylic acids is 10. The zero-order valence-electron chi connectivity index (χ0n) is 65.7. The minimum Gasteiger partial charge on any atom is -0.477 e. The highest BCUT2D eigenvalue weighted by Gasteiger charge is 2.45. The molecule has 4 unspecified atom stereocenters. The van der Waals surface area contributed by atoms with Crippen molar-refractivity contribution in [2.45, 2.75) is 169 Å². The number of hydrogen-bond acceptors (Lipinski definition) is 34. The SMILES string of the molecule is Cc1nc2cccc([N+](=O)[O-])c2c(=O)n1C1CCC(=O)CC1=O.Cc1nc2cccc([N+](=O)[O-])c2c(=O)n1C1CCC(=O)N(C(=O)OC(C)(C)C)C1=O.Cc1nc2cccc([N+](=O)[O-])c2c(=O)n1C1CCC(=O)N(C(=O)OC(C)(C)C)C1=O.Cc1nc2cccc([N+](=O)[O-])c2c(=O)o1.Cl.NC1CCC(=O)CC1=O.Nc1cccc([N+](=O)[O-])c1C(=O)O. The standard InChI is InChI=1S/2C19H20N4O7.C15H13N3O5.C9H6N2O4.C7H6N2O4.C6H9NO2.ClH/c2*1-10-20-11-6-5-7-12(23(28)29)15(11)17(26)21(10)13-8-9-14(24)22(16(13)25)18(27)30-19(2,3)4;1-8-16-10-3-2-4-12(18(22)23)14(10)15(21)17(8)11-6-5-9(19)7-13(11)20;1-5-10-6-3-2-4-7(11(13)14)8(6)9(12)15-5;8-4-2-1-3-5(9(12)13)6(4)7(10)11;7-5-2-1-4(8)3-6(5)9;/h2*5-7,13H,8-9H2,1-4H3;2-4,11H,5-7H2,1H3;2-4H,1H3;1-3H,8H2,(H,10,11);5H,1-3,7H2;1H. The fourth-order valence-electron chi connectivity index (χ4n) is 12.9. The fourth-order valence-corrected chi connectivity index (χ4v) is 12.9. The number of nitro benzene ring substituents is 5. The Labute approximate surface area is 684 Å². The maximum absolute atomic E-state index is 13.2. The second kappa shape index (κ2) is 38.0. The van der Waals surface area contributed by atoms with Gasteiger partial charge in [0, 0.05) is 62.9 Å². The van der Waals surface area contributed by atoms with Gasteiger partial charge in [-0.15, -0.1) is 12.4 Å². The van der Waals surface area contributed by atoms with Gasteiger partial charge < -0.3 is 30.5 Å². The molecule has 2 saturated heterocycles. The van der Waals surface area contributed by atoms with Crippen LogP contribution in [0.5, 0.6) is 0 Å². The minimum absolute atomic E-state index is 0. The highest BCUT2D eigenvalue weighted by Crippen LogP contribution is 2.33. The smallest absolute Gasteiger partial charge is 0.424 e. The topological polar surface area (TPSA) is 648 Å². The number of Topliss-reactive ketones (excluding diaryl/α,β-unsaturated/α-hetero) is 4. The van der Waals surface area contributed by atoms with Gasteiger partial charge in [-0.3, -0.25) is 117 Å². The number of aromatic nitrogens is 7. The Bertz CT molecular complexity index is 5940. The maximum atomic E-state index is 13.2. The molecule has 9 aromatic rings. The first-order valence-corrected chi connectivity index (χ1v) is 35.9. The molecular weight excluding hydrogens is 1620 g/mol. The first kappa shape index (κ1) is 93.2. The van der Waals surface area contributed by atoms with E-state index < -0.39 is 141 Å². The van der Waals surface area contributed by atoms with Crippen LogP contribution in [0.25, 0.3) is 43.6 Å². The molecule has 0 radical (unpaired) electrons. The number of rotatable bonds is 9. The molecule has 636 valence electrons. The summed E-state index contributed by atoms with van der Waals surface area (Å²) in [7, 11) is 0. The number of imide groups is 6. The van der Waals surface area contributed by atoms with Gasteiger partial charge in [-0.05, 0) is 118 Å². The molecule has 6 heterocycles. The van der Waals surface area contributed by atoms with E-state index in [0.717, 1.165) is 15.2 Å². The van der Waals surface area contributed by atoms with Crippen LogP contribution in [-0.2, 0) is 47.8 Å². The Morgan fingerprint density at radius 3 is 1.09 bits per heavy atom. The summed E-state index contributed by atoms with van der Waals surface area (Å²) < 4.78 is 18.2. The summed E-state index contributed by atoms with van der Waals surface area (Å²) in [6.07, 6.45) is -1.45. The number of nitrogens with two attached hydrogens (primary N) is 2. The number of carboxylic acid groups (broad SMARTS) is 1. The molecule has 45 nitrogen and oxygen atoms in total. The van der Waals surface area contributed by atoms with Crippen LogP contribution < -0.4 is 33.8 Å². The number of halogens is 1. The molecule has 5 N–H and O–H groups in total. The zero-order valence-corrected chi connectivity index (χ0v) is 66.6. The third-order valence-corrected chi connectivity index (χ3v) is 18.1. The van der Waals surface area contributed by atoms with Gasteiger partial charge in [0.2, 0.25) is 11.8 Å². The van der Waals surface area contributed by atoms with Crippen molar-refractivity contribution in [3.05, 3.63) is 212 Å². The Morgan fingerprint density at radius 1 is 0.455 bits per heavy atom. The van der Waals surface area contributed by atoms with E-state index >= 15 is 0 Å². The molecule has 4 atom stereocenters. The number of ketones is 4. The largest absolute Gasteiger partial charge is 0.477 e. The molecule has 2 aliphatic carbocycles. The number of piperidine rings is 2. The van der Waals surface area contributed by atoms with Crippen molar-refractivity contribution >= 4 is 155 Å². The monoisotopic (exact) mass is 1700 g/mol. The van der Waals surface area contributed by atoms with Gasteiger partial charge in [0.25, 0.3) is 56.9 Å². The molecule has 0 spiro atoms. The lowest BCUT2D eigenvalue weighted by Crippen LogP contribution is -2.52. The van der Waals surface area contributed by atoms with E-state index in [1.54, 1.807) is 48.5 Å². The van der Waals surface area contributed by atoms with Crippen LogP contribution >= 0.6 is 12.4 Å². The van der Waals surface area contributed by atoms with Crippen molar-refractivity contribution in [2.24, 2.45) is 5.73 Å². The van der Waals surface area contributed by atoms with Crippen LogP contribution in [0.3, 0.4) is 0 Å². The molecule has 121 heavy (non-hydrogen) atoms. The van der Waals surface area contributed by atoms with Gasteiger partial charge in [-0.1, -0.05) is 30.3 Å². The van der Waals surface area contributed by atoms with E-state index in [0.29, 0.717) is 28.5 Å². The number of aryl methyl sites for hydroxylation is 4. The van der Waals surface area contributed by atoms with Gasteiger partial charge in [0.15, 0.2) is 28.4 Å². The van der Waals surface area contributed by atoms with Crippen LogP contribution in [0, 0.1) is 78.3 Å². The maximum Gasteiger partial charge on any atom is 0.424 e. The number of benzene rings is 5. The van der Waals surface area contributed by atoms with Gasteiger partial charge in [-0.2, -0.15) is 9.80 Å². The number of carbonyl (C=O) groups is 11. The van der Waals surface area contributed by atoms with E-state index in [-0.39, 0.29) is 171 Å². The van der Waals surface area contributed by atoms with Crippen LogP contribution in [-0.4, -0.2) is 155 Å². The summed E-state index contributed by atoms with van der Waals surface area (Å²) in [5, 5.41) is 62.8. The molecule has 4 fully saturated rings. The van der Waals surface area contributed by atoms with Crippen LogP contribution in [0.2, 0.25) is 0 Å². The first-order valence-electron chi connectivity index (χ1n) is 35.9. The van der Waals surface area contributed by atoms with E-state index in [1.807, 2.05) is 0 Å². The highest BCUT2D eigenvalue weighted by molar-refractivity contribution is 6.13. The second-order valence-electron chi connectivity index (χ2n) is 28.8. The van der Waals surface area contributed by atoms with E-state index in [9.17, 15) is 122 Å². The number of anilines is 1. The predicted octanol–water partition coefficient (Wildman–Crippen LogP) is 8.29. The molecule has 5 aromatic carbocycles. The molecule has 4 aliphatic rings. The second-order valence-corrected chi connectivity index (χ2v) is 28.8. The molecule has 4 aromatic heterocycles. The van der Waals surface area contributed by atoms with Crippen molar-refractivity contribution in [2.75, 3.05) is 5.73 Å². The van der Waals surface area contributed by atoms with E-state index in [2.05, 4.69) is 19.9 Å². The Kier molecular flexibility index (Phi) is 29.3. The number of likely N-dealkylation sites (tertiary alicyclic amines) is 2. The third kappa shape index (κ3) is 21.3. The van der Waals surface area contributed by atoms with Gasteiger partial charge in [-0.25, -0.2) is 39.1 Å². The van der Waals surface area contributed by atoms with Crippen molar-refractivity contribution in [3.8, 4) is 0 Å². The summed E-state index contributed by atoms with van der Waals surface area (Å²) in [6, 6.07) is 16.7. The normalized spacial score (nSPS) is 16.6. The van der Waals surface area contributed by atoms with Crippen molar-refractivity contribution in [1.29, 1.82) is 0 Å². The molecular formula is C75H75ClN16O29. The molecule has 2 aliphatic heterocycles. The van der Waals surface area contributed by atoms with Crippen molar-refractivity contribution < 1.29 is 96.4 Å². The lowest BCUT2D eigenvalue weighted by atomic mass is 9.92. The fraction of sp³-hybridized carbons (Fsp3) is 0.347. The lowest BCUT2D eigenvalue weighted by Gasteiger charge is -2.32. The summed E-state index contributed by atoms with van der Waals surface area (Å²) >= 11 is 0. The third-order valence-electron chi connectivity index (χ3n) is 18.1. The summed E-state index contributed by atoms with van der Waals surface area (Å²) in [4.78, 5) is 250. The van der Waals surface area contributed by atoms with Crippen molar-refractivity contribution in [1.82, 2.24) is 43.4 Å². The Morgan fingerprint density at radius 2 is 0.769 bits per heavy atom. The van der Waals surface area contributed by atoms with Gasteiger partial charge in [0.05, 0.1) is 77.3 Å². The van der Waals surface area contributed by atoms with Crippen molar-refractivity contribution in [3.63, 3.8) is 0 Å². The highest BCUT2D eigenvalue weighted by atomic mass is 35.5. The van der Waals surface area contributed by atoms with Gasteiger partial charge in [0.1, 0.15) is 68.5 Å². The number of non-ortho nitro benzene ring substituents is 4. The number of nitrogen functional groups attached to an aromatic ring is 1. The number of nitro groups is 5. The number of amides is 6. The average Bonchev–Trinajstić information content (AvgIpc) is 0.758. The zero-order chi connectivity index (χ0) is 89.3. The van der Waals surface area contributed by atoms with Crippen LogP contribution in [0.15, 0.2) is 115 Å². The average molecular weight is 1700 g/mol. The molecule has 2 saturated carbocycles. The van der Waals surface area contributed by atoms with E-state index in [1.165, 1.54) is 110 Å². The number of carboxylic acids is 1.